The van der Waals surface area contributed by atoms with Crippen LogP contribution in [-0.4, -0.2) is 14.6 Å². The molecule has 2 aromatic heterocycles. The van der Waals surface area contributed by atoms with E-state index in [2.05, 4.69) is 16.2 Å². The van der Waals surface area contributed by atoms with E-state index in [1.807, 2.05) is 12.3 Å². The summed E-state index contributed by atoms with van der Waals surface area (Å²) < 4.78 is 1.71. The van der Waals surface area contributed by atoms with Gasteiger partial charge in [-0.1, -0.05) is 0 Å². The van der Waals surface area contributed by atoms with Crippen LogP contribution in [0.15, 0.2) is 24.8 Å². The Morgan fingerprint density at radius 1 is 1.58 bits per heavy atom. The summed E-state index contributed by atoms with van der Waals surface area (Å²) in [7, 11) is 0. The Hall–Kier alpha value is -1.89. The van der Waals surface area contributed by atoms with Crippen LogP contribution in [0, 0.1) is 11.3 Å². The van der Waals surface area contributed by atoms with Crippen molar-refractivity contribution in [3.05, 3.63) is 30.4 Å². The third-order valence-corrected chi connectivity index (χ3v) is 1.70. The molecule has 0 amide bonds. The van der Waals surface area contributed by atoms with Gasteiger partial charge in [-0.05, 0) is 11.6 Å². The summed E-state index contributed by atoms with van der Waals surface area (Å²) in [6, 6.07) is 3.98. The van der Waals surface area contributed by atoms with E-state index in [0.29, 0.717) is 6.42 Å². The van der Waals surface area contributed by atoms with E-state index >= 15 is 0 Å². The van der Waals surface area contributed by atoms with Gasteiger partial charge in [0.25, 0.3) is 0 Å². The van der Waals surface area contributed by atoms with E-state index in [1.165, 1.54) is 6.33 Å². The van der Waals surface area contributed by atoms with Gasteiger partial charge in [-0.3, -0.25) is 0 Å². The highest BCUT2D eigenvalue weighted by atomic mass is 15.2. The summed E-state index contributed by atoms with van der Waals surface area (Å²) >= 11 is 0. The lowest BCUT2D eigenvalue weighted by Crippen LogP contribution is -1.90. The van der Waals surface area contributed by atoms with Crippen molar-refractivity contribution in [1.82, 2.24) is 14.6 Å². The summed E-state index contributed by atoms with van der Waals surface area (Å²) in [5.74, 6) is 0. The van der Waals surface area contributed by atoms with Crippen molar-refractivity contribution in [1.29, 1.82) is 5.26 Å². The SMILES string of the molecule is N#CCc1ccn2ncncc12. The number of hydrogen-bond acceptors (Lipinski definition) is 3. The molecule has 0 saturated carbocycles. The van der Waals surface area contributed by atoms with Gasteiger partial charge in [0.1, 0.15) is 6.33 Å². The van der Waals surface area contributed by atoms with Crippen LogP contribution in [0.3, 0.4) is 0 Å². The molecule has 58 valence electrons. The Morgan fingerprint density at radius 2 is 2.50 bits per heavy atom. The van der Waals surface area contributed by atoms with Crippen molar-refractivity contribution in [3.63, 3.8) is 0 Å². The van der Waals surface area contributed by atoms with E-state index in [9.17, 15) is 0 Å². The summed E-state index contributed by atoms with van der Waals surface area (Å²) in [5.41, 5.74) is 1.87. The molecule has 2 heterocycles. The minimum absolute atomic E-state index is 0.407. The van der Waals surface area contributed by atoms with Gasteiger partial charge in [-0.25, -0.2) is 9.50 Å². The molecular weight excluding hydrogens is 152 g/mol. The molecule has 0 bridgehead atoms. The zero-order chi connectivity index (χ0) is 8.39. The smallest absolute Gasteiger partial charge is 0.136 e. The van der Waals surface area contributed by atoms with Crippen molar-refractivity contribution in [2.75, 3.05) is 0 Å². The van der Waals surface area contributed by atoms with Gasteiger partial charge in [-0.2, -0.15) is 10.4 Å². The van der Waals surface area contributed by atoms with Gasteiger partial charge < -0.3 is 0 Å². The predicted molar refractivity (Wildman–Crippen MR) is 42.3 cm³/mol. The molecule has 0 aliphatic rings. The van der Waals surface area contributed by atoms with Crippen LogP contribution >= 0.6 is 0 Å². The van der Waals surface area contributed by atoms with Crippen LogP contribution in [0.5, 0.6) is 0 Å². The normalized spacial score (nSPS) is 9.92. The number of rotatable bonds is 1. The average Bonchev–Trinajstić information content (AvgIpc) is 2.50. The molecule has 0 aliphatic carbocycles. The molecule has 12 heavy (non-hydrogen) atoms. The predicted octanol–water partition coefficient (Wildman–Crippen LogP) is 0.795. The first-order chi connectivity index (χ1) is 5.92. The zero-order valence-electron chi connectivity index (χ0n) is 6.31. The Kier molecular flexibility index (Phi) is 1.49. The highest BCUT2D eigenvalue weighted by molar-refractivity contribution is 5.53. The molecule has 0 aromatic carbocycles. The number of hydrogen-bond donors (Lipinski definition) is 0. The monoisotopic (exact) mass is 158 g/mol. The Labute approximate surface area is 69.1 Å². The molecule has 2 rings (SSSR count). The summed E-state index contributed by atoms with van der Waals surface area (Å²) in [5, 5.41) is 12.5. The molecule has 0 saturated heterocycles. The molecule has 0 radical (unpaired) electrons. The van der Waals surface area contributed by atoms with Crippen LogP contribution in [0.4, 0.5) is 0 Å². The largest absolute Gasteiger partial charge is 0.241 e. The summed E-state index contributed by atoms with van der Waals surface area (Å²) in [6.07, 6.45) is 5.41. The fourth-order valence-corrected chi connectivity index (χ4v) is 1.14. The Bertz CT molecular complexity index is 437. The molecule has 0 atom stereocenters. The maximum absolute atomic E-state index is 8.50. The van der Waals surface area contributed by atoms with Gasteiger partial charge in [0.15, 0.2) is 0 Å². The maximum Gasteiger partial charge on any atom is 0.136 e. The van der Waals surface area contributed by atoms with Crippen LogP contribution in [0.1, 0.15) is 5.56 Å². The van der Waals surface area contributed by atoms with Gasteiger partial charge in [-0.15, -0.1) is 0 Å². The molecule has 2 aromatic rings. The van der Waals surface area contributed by atoms with Crippen molar-refractivity contribution in [3.8, 4) is 6.07 Å². The van der Waals surface area contributed by atoms with Crippen LogP contribution in [0.2, 0.25) is 0 Å². The third kappa shape index (κ3) is 0.920. The minimum atomic E-state index is 0.407. The zero-order valence-corrected chi connectivity index (χ0v) is 6.31. The third-order valence-electron chi connectivity index (χ3n) is 1.70. The van der Waals surface area contributed by atoms with E-state index in [4.69, 9.17) is 5.26 Å². The van der Waals surface area contributed by atoms with Gasteiger partial charge >= 0.3 is 0 Å². The first-order valence-electron chi connectivity index (χ1n) is 3.55. The average molecular weight is 158 g/mol. The highest BCUT2D eigenvalue weighted by Gasteiger charge is 2.00. The lowest BCUT2D eigenvalue weighted by atomic mass is 10.2. The summed E-state index contributed by atoms with van der Waals surface area (Å²) in [4.78, 5) is 3.89. The van der Waals surface area contributed by atoms with Crippen molar-refractivity contribution in [2.24, 2.45) is 0 Å². The van der Waals surface area contributed by atoms with Crippen LogP contribution in [-0.2, 0) is 6.42 Å². The van der Waals surface area contributed by atoms with Crippen molar-refractivity contribution in [2.45, 2.75) is 6.42 Å². The summed E-state index contributed by atoms with van der Waals surface area (Å²) in [6.45, 7) is 0. The van der Waals surface area contributed by atoms with Gasteiger partial charge in [0, 0.05) is 6.20 Å². The number of nitriles is 1. The maximum atomic E-state index is 8.50. The molecule has 0 spiro atoms. The second kappa shape index (κ2) is 2.62. The quantitative estimate of drug-likeness (QED) is 0.616. The second-order valence-electron chi connectivity index (χ2n) is 2.41. The lowest BCUT2D eigenvalue weighted by Gasteiger charge is -1.91. The molecule has 4 heteroatoms. The van der Waals surface area contributed by atoms with Gasteiger partial charge in [0.05, 0.1) is 24.2 Å². The Morgan fingerprint density at radius 3 is 3.33 bits per heavy atom. The molecule has 4 nitrogen and oxygen atoms in total. The van der Waals surface area contributed by atoms with Crippen molar-refractivity contribution < 1.29 is 0 Å². The van der Waals surface area contributed by atoms with Crippen molar-refractivity contribution >= 4 is 5.52 Å². The fourth-order valence-electron chi connectivity index (χ4n) is 1.14. The minimum Gasteiger partial charge on any atom is -0.241 e. The highest BCUT2D eigenvalue weighted by Crippen LogP contribution is 2.09. The van der Waals surface area contributed by atoms with Gasteiger partial charge in [0.2, 0.25) is 0 Å². The molecule has 0 unspecified atom stereocenters. The lowest BCUT2D eigenvalue weighted by molar-refractivity contribution is 0.901. The van der Waals surface area contributed by atoms with E-state index in [0.717, 1.165) is 11.1 Å². The molecular formula is C8H6N4. The van der Waals surface area contributed by atoms with E-state index < -0.39 is 0 Å². The Balaban J connectivity index is 2.64. The molecule has 0 fully saturated rings. The fraction of sp³-hybridized carbons (Fsp3) is 0.125. The molecule has 0 aliphatic heterocycles. The number of aromatic nitrogens is 3. The standard InChI is InChI=1S/C8H6N4/c9-3-1-7-2-4-12-8(7)5-10-6-11-12/h2,4-6H,1H2. The molecule has 0 N–H and O–H groups in total. The van der Waals surface area contributed by atoms with Crippen LogP contribution in [0.25, 0.3) is 5.52 Å². The first-order valence-corrected chi connectivity index (χ1v) is 3.55. The van der Waals surface area contributed by atoms with E-state index in [-0.39, 0.29) is 0 Å². The van der Waals surface area contributed by atoms with E-state index in [1.54, 1.807) is 10.7 Å². The van der Waals surface area contributed by atoms with Crippen LogP contribution < -0.4 is 0 Å². The second-order valence-corrected chi connectivity index (χ2v) is 2.41. The number of nitrogens with zero attached hydrogens (tertiary/aromatic N) is 4. The number of fused-ring (bicyclic) bond motifs is 1. The topological polar surface area (TPSA) is 54.0 Å². The first kappa shape index (κ1) is 6.80.